The molecule has 10 nitrogen and oxygen atoms in total. The number of benzene rings is 1. The summed E-state index contributed by atoms with van der Waals surface area (Å²) in [7, 11) is 0. The molecule has 1 aliphatic carbocycles. The topological polar surface area (TPSA) is 119 Å². The van der Waals surface area contributed by atoms with E-state index >= 15 is 0 Å². The van der Waals surface area contributed by atoms with Gasteiger partial charge in [0, 0.05) is 54.7 Å². The summed E-state index contributed by atoms with van der Waals surface area (Å²) in [4.78, 5) is 50.3. The number of ether oxygens (including phenoxy) is 1. The lowest BCUT2D eigenvalue weighted by Crippen LogP contribution is -2.44. The molecule has 2 fully saturated rings. The van der Waals surface area contributed by atoms with Crippen LogP contribution in [0, 0.1) is 12.3 Å². The van der Waals surface area contributed by atoms with E-state index in [0.29, 0.717) is 49.5 Å². The maximum Gasteiger partial charge on any atom is 0.245 e. The molecule has 0 unspecified atom stereocenters. The van der Waals surface area contributed by atoms with Gasteiger partial charge in [-0.3, -0.25) is 19.1 Å². The fourth-order valence-corrected chi connectivity index (χ4v) is 6.46. The van der Waals surface area contributed by atoms with Crippen LogP contribution in [0.15, 0.2) is 36.7 Å². The first kappa shape index (κ1) is 27.4. The Bertz CT molecular complexity index is 1540. The molecule has 3 aromatic rings. The predicted molar refractivity (Wildman–Crippen MR) is 153 cm³/mol. The van der Waals surface area contributed by atoms with Crippen molar-refractivity contribution < 1.29 is 19.1 Å². The summed E-state index contributed by atoms with van der Waals surface area (Å²) in [6.45, 7) is 7.44. The molecular formula is C31H36N6O4. The summed E-state index contributed by atoms with van der Waals surface area (Å²) in [5.41, 5.74) is 3.53. The minimum atomic E-state index is -0.451. The molecule has 3 aliphatic rings. The number of aromatic nitrogens is 4. The Morgan fingerprint density at radius 1 is 1.15 bits per heavy atom. The number of ketones is 2. The predicted octanol–water partition coefficient (Wildman–Crippen LogP) is 3.41. The van der Waals surface area contributed by atoms with E-state index < -0.39 is 6.04 Å². The van der Waals surface area contributed by atoms with Gasteiger partial charge in [-0.05, 0) is 56.0 Å². The Balaban J connectivity index is 1.45. The Morgan fingerprint density at radius 2 is 1.95 bits per heavy atom. The van der Waals surface area contributed by atoms with Crippen LogP contribution in [0.4, 0.5) is 0 Å². The lowest BCUT2D eigenvalue weighted by Gasteiger charge is -2.26. The van der Waals surface area contributed by atoms with Crippen LogP contribution in [0.2, 0.25) is 0 Å². The van der Waals surface area contributed by atoms with Gasteiger partial charge in [0.1, 0.15) is 18.1 Å². The maximum atomic E-state index is 14.0. The number of Topliss-reactive ketones (excluding diaryl/α,β-unsaturated/α-hetero) is 2. The van der Waals surface area contributed by atoms with Gasteiger partial charge in [-0.25, -0.2) is 9.97 Å². The average Bonchev–Trinajstić information content (AvgIpc) is 3.36. The highest BCUT2D eigenvalue weighted by Crippen LogP contribution is 2.60. The second-order valence-corrected chi connectivity index (χ2v) is 11.5. The molecule has 2 aliphatic heterocycles. The number of rotatable bonds is 4. The Morgan fingerprint density at radius 3 is 2.71 bits per heavy atom. The summed E-state index contributed by atoms with van der Waals surface area (Å²) < 4.78 is 7.66. The summed E-state index contributed by atoms with van der Waals surface area (Å²) in [6.07, 6.45) is 10.4. The van der Waals surface area contributed by atoms with Crippen molar-refractivity contribution in [2.45, 2.75) is 71.6 Å². The number of carbonyl (C=O) groups excluding carboxylic acids is 3. The molecule has 41 heavy (non-hydrogen) atoms. The molecule has 10 heteroatoms. The third-order valence-corrected chi connectivity index (χ3v) is 8.66. The average molecular weight is 557 g/mol. The molecule has 2 aromatic heterocycles. The number of aryl methyl sites for hydroxylation is 1. The van der Waals surface area contributed by atoms with Crippen LogP contribution in [0.5, 0.6) is 0 Å². The summed E-state index contributed by atoms with van der Waals surface area (Å²) >= 11 is 0. The molecule has 1 N–H and O–H groups in total. The van der Waals surface area contributed by atoms with Crippen molar-refractivity contribution in [2.24, 2.45) is 5.41 Å². The van der Waals surface area contributed by atoms with Gasteiger partial charge in [0.15, 0.2) is 11.6 Å². The third kappa shape index (κ3) is 5.10. The molecular weight excluding hydrogens is 520 g/mol. The van der Waals surface area contributed by atoms with Crippen LogP contribution in [0.1, 0.15) is 61.4 Å². The summed E-state index contributed by atoms with van der Waals surface area (Å²) in [6, 6.07) is 3.52. The molecule has 3 atom stereocenters. The molecule has 1 amide bonds. The van der Waals surface area contributed by atoms with Gasteiger partial charge in [-0.1, -0.05) is 19.1 Å². The van der Waals surface area contributed by atoms with E-state index in [2.05, 4.69) is 32.5 Å². The van der Waals surface area contributed by atoms with Crippen LogP contribution in [0.3, 0.4) is 0 Å². The number of nitrogens with one attached hydrogen (secondary N) is 1. The second kappa shape index (κ2) is 10.9. The van der Waals surface area contributed by atoms with Crippen LogP contribution in [-0.2, 0) is 27.4 Å². The van der Waals surface area contributed by atoms with Crippen molar-refractivity contribution in [1.82, 2.24) is 30.0 Å². The molecule has 4 heterocycles. The Kier molecular flexibility index (Phi) is 7.29. The number of amides is 1. The maximum absolute atomic E-state index is 14.0. The molecule has 1 saturated carbocycles. The highest BCUT2D eigenvalue weighted by molar-refractivity contribution is 6.07. The lowest BCUT2D eigenvalue weighted by atomic mass is 9.97. The first-order chi connectivity index (χ1) is 19.8. The zero-order valence-electron chi connectivity index (χ0n) is 23.9. The largest absolute Gasteiger partial charge is 0.377 e. The standard InChI is InChI=1S/C31H36N6O4/c1-4-26(39)25-12-31-13-27(31)37(25)28(40)17-36-30-22(14-32-8-6-5-7-9-41-18-31)10-21(23-15-33-20(3)34-16-23)11-24(30)29(35-36)19(2)38/h5,7,10-11,15-16,25,27,32H,4,6,8-9,12-14,17-18H2,1-3H3/b7-5-/t25-,27+,31-/m0/s1. The minimum Gasteiger partial charge on any atom is -0.377 e. The zero-order chi connectivity index (χ0) is 28.7. The fourth-order valence-electron chi connectivity index (χ4n) is 6.46. The van der Waals surface area contributed by atoms with Gasteiger partial charge in [-0.2, -0.15) is 5.10 Å². The zero-order valence-corrected chi connectivity index (χ0v) is 23.9. The van der Waals surface area contributed by atoms with Gasteiger partial charge in [0.2, 0.25) is 5.91 Å². The molecule has 1 saturated heterocycles. The van der Waals surface area contributed by atoms with Crippen LogP contribution < -0.4 is 5.32 Å². The van der Waals surface area contributed by atoms with Crippen molar-refractivity contribution in [1.29, 1.82) is 0 Å². The van der Waals surface area contributed by atoms with Crippen LogP contribution >= 0.6 is 0 Å². The van der Waals surface area contributed by atoms with Crippen molar-refractivity contribution in [3.63, 3.8) is 0 Å². The third-order valence-electron chi connectivity index (χ3n) is 8.66. The Labute approximate surface area is 239 Å². The Hall–Kier alpha value is -3.76. The smallest absolute Gasteiger partial charge is 0.245 e. The number of hydrogen-bond donors (Lipinski definition) is 1. The molecule has 0 radical (unpaired) electrons. The minimum absolute atomic E-state index is 0.0152. The van der Waals surface area contributed by atoms with Gasteiger partial charge in [0.05, 0.1) is 24.8 Å². The van der Waals surface area contributed by atoms with E-state index in [1.807, 2.05) is 26.0 Å². The van der Waals surface area contributed by atoms with Crippen molar-refractivity contribution in [2.75, 3.05) is 19.8 Å². The summed E-state index contributed by atoms with van der Waals surface area (Å²) in [5.74, 6) is 0.420. The highest BCUT2D eigenvalue weighted by atomic mass is 16.5. The van der Waals surface area contributed by atoms with Crippen LogP contribution in [-0.4, -0.2) is 74.0 Å². The number of hydrogen-bond acceptors (Lipinski definition) is 8. The van der Waals surface area contributed by atoms with E-state index in [9.17, 15) is 14.4 Å². The van der Waals surface area contributed by atoms with Crippen molar-refractivity contribution >= 4 is 28.4 Å². The van der Waals surface area contributed by atoms with E-state index in [-0.39, 0.29) is 35.5 Å². The first-order valence-electron chi connectivity index (χ1n) is 14.4. The SMILES string of the molecule is CCC(=O)[C@@H]1C[C@]23COC/C=C\CCNCc4cc(-c5cnc(C)nc5)cc5c(C(C)=O)nn(c45)CC(=O)N1[C@@H]2C3. The fraction of sp³-hybridized carbons (Fsp3) is 0.484. The summed E-state index contributed by atoms with van der Waals surface area (Å²) in [5, 5.41) is 8.87. The van der Waals surface area contributed by atoms with E-state index in [1.54, 1.807) is 22.0 Å². The van der Waals surface area contributed by atoms with E-state index in [1.165, 1.54) is 6.92 Å². The van der Waals surface area contributed by atoms with E-state index in [4.69, 9.17) is 4.74 Å². The van der Waals surface area contributed by atoms with Crippen LogP contribution in [0.25, 0.3) is 22.0 Å². The number of nitrogens with zero attached hydrogens (tertiary/aromatic N) is 5. The van der Waals surface area contributed by atoms with E-state index in [0.717, 1.165) is 41.6 Å². The van der Waals surface area contributed by atoms with Gasteiger partial charge < -0.3 is 15.0 Å². The normalized spacial score (nSPS) is 25.5. The van der Waals surface area contributed by atoms with Gasteiger partial charge >= 0.3 is 0 Å². The number of piperidine rings is 1. The number of carbonyl (C=O) groups is 3. The molecule has 0 spiro atoms. The van der Waals surface area contributed by atoms with Gasteiger partial charge in [-0.15, -0.1) is 0 Å². The molecule has 214 valence electrons. The molecule has 2 bridgehead atoms. The second-order valence-electron chi connectivity index (χ2n) is 11.5. The van der Waals surface area contributed by atoms with Gasteiger partial charge in [0.25, 0.3) is 0 Å². The molecule has 6 rings (SSSR count). The van der Waals surface area contributed by atoms with Crippen molar-refractivity contribution in [3.8, 4) is 11.1 Å². The quantitative estimate of drug-likeness (QED) is 0.384. The highest BCUT2D eigenvalue weighted by Gasteiger charge is 2.66. The van der Waals surface area contributed by atoms with Crippen molar-refractivity contribution in [3.05, 3.63) is 53.8 Å². The monoisotopic (exact) mass is 556 g/mol. The lowest BCUT2D eigenvalue weighted by molar-refractivity contribution is -0.139. The molecule has 1 aromatic carbocycles. The first-order valence-corrected chi connectivity index (χ1v) is 14.4.